The summed E-state index contributed by atoms with van der Waals surface area (Å²) >= 11 is 1.14. The Morgan fingerprint density at radius 1 is 1.29 bits per heavy atom. The molecule has 2 heterocycles. The van der Waals surface area contributed by atoms with Gasteiger partial charge in [-0.2, -0.15) is 5.26 Å². The molecule has 1 fully saturated rings. The zero-order valence-corrected chi connectivity index (χ0v) is 18.5. The molecule has 7 nitrogen and oxygen atoms in total. The molecule has 162 valence electrons. The van der Waals surface area contributed by atoms with Gasteiger partial charge in [0.2, 0.25) is 5.91 Å². The first-order valence-corrected chi connectivity index (χ1v) is 11.1. The highest BCUT2D eigenvalue weighted by Crippen LogP contribution is 2.16. The van der Waals surface area contributed by atoms with Gasteiger partial charge in [0, 0.05) is 12.6 Å². The molecule has 1 aromatic heterocycles. The Hall–Kier alpha value is -3.18. The first-order valence-electron chi connectivity index (χ1n) is 10.3. The Morgan fingerprint density at radius 2 is 2.03 bits per heavy atom. The molecule has 3 rings (SSSR count). The zero-order valence-electron chi connectivity index (χ0n) is 17.7. The minimum atomic E-state index is -0.554. The van der Waals surface area contributed by atoms with Gasteiger partial charge in [-0.15, -0.1) is 11.3 Å². The molecule has 1 aromatic carbocycles. The second-order valence-corrected chi connectivity index (χ2v) is 8.46. The van der Waals surface area contributed by atoms with Gasteiger partial charge in [0.15, 0.2) is 0 Å². The highest BCUT2D eigenvalue weighted by Gasteiger charge is 2.24. The number of likely N-dealkylation sites (tertiary alicyclic amines) is 1. The summed E-state index contributed by atoms with van der Waals surface area (Å²) in [6.45, 7) is 4.51. The van der Waals surface area contributed by atoms with Crippen LogP contribution in [0.25, 0.3) is 12.2 Å². The maximum absolute atomic E-state index is 13.1. The molecular weight excluding hydrogens is 414 g/mol. The number of rotatable bonds is 5. The quantitative estimate of drug-likeness (QED) is 0.656. The lowest BCUT2D eigenvalue weighted by molar-refractivity contribution is -0.136. The van der Waals surface area contributed by atoms with Crippen molar-refractivity contribution in [3.63, 3.8) is 0 Å². The number of esters is 1. The molecule has 0 radical (unpaired) electrons. The number of hydrogen-bond acceptors (Lipinski definition) is 6. The Bertz CT molecular complexity index is 1170. The van der Waals surface area contributed by atoms with Gasteiger partial charge in [0.25, 0.3) is 5.56 Å². The van der Waals surface area contributed by atoms with E-state index in [1.54, 1.807) is 37.3 Å². The van der Waals surface area contributed by atoms with Crippen molar-refractivity contribution < 1.29 is 14.3 Å². The van der Waals surface area contributed by atoms with Crippen LogP contribution in [0.2, 0.25) is 0 Å². The normalized spacial score (nSPS) is 17.5. The minimum absolute atomic E-state index is 0.119. The van der Waals surface area contributed by atoms with Crippen LogP contribution in [0.15, 0.2) is 29.1 Å². The van der Waals surface area contributed by atoms with Crippen molar-refractivity contribution in [3.05, 3.63) is 54.9 Å². The lowest BCUT2D eigenvalue weighted by Crippen LogP contribution is -2.46. The van der Waals surface area contributed by atoms with E-state index in [9.17, 15) is 14.4 Å². The molecule has 0 bridgehead atoms. The number of aromatic nitrogens is 1. The molecular formula is C23H25N3O4S. The van der Waals surface area contributed by atoms with Crippen LogP contribution < -0.4 is 14.8 Å². The molecule has 31 heavy (non-hydrogen) atoms. The van der Waals surface area contributed by atoms with Crippen molar-refractivity contribution in [2.75, 3.05) is 13.2 Å². The number of ether oxygens (including phenoxy) is 1. The Balaban J connectivity index is 2.02. The van der Waals surface area contributed by atoms with Gasteiger partial charge < -0.3 is 9.64 Å². The van der Waals surface area contributed by atoms with Crippen molar-refractivity contribution in [1.29, 1.82) is 5.26 Å². The average molecular weight is 440 g/mol. The molecule has 1 atom stereocenters. The second kappa shape index (κ2) is 10.2. The van der Waals surface area contributed by atoms with Crippen molar-refractivity contribution in [3.8, 4) is 6.07 Å². The lowest BCUT2D eigenvalue weighted by atomic mass is 10.0. The number of carbonyl (C=O) groups is 2. The van der Waals surface area contributed by atoms with Crippen molar-refractivity contribution in [2.24, 2.45) is 0 Å². The number of carbonyl (C=O) groups excluding carboxylic acids is 2. The first kappa shape index (κ1) is 22.5. The third-order valence-corrected chi connectivity index (χ3v) is 6.28. The predicted octanol–water partition coefficient (Wildman–Crippen LogP) is 1.35. The van der Waals surface area contributed by atoms with E-state index < -0.39 is 5.97 Å². The van der Waals surface area contributed by atoms with Gasteiger partial charge in [-0.25, -0.2) is 4.79 Å². The number of amides is 1. The summed E-state index contributed by atoms with van der Waals surface area (Å²) in [5.74, 6) is -0.684. The van der Waals surface area contributed by atoms with Gasteiger partial charge >= 0.3 is 5.97 Å². The SMILES string of the molecule is CCOC(=O)C=c1sc(=Cc2ccc(C#N)cc2)c(=O)n1CC(=O)N1CCCCC1C. The number of benzene rings is 1. The Morgan fingerprint density at radius 3 is 2.68 bits per heavy atom. The molecule has 0 spiro atoms. The predicted molar refractivity (Wildman–Crippen MR) is 119 cm³/mol. The van der Waals surface area contributed by atoms with Gasteiger partial charge in [-0.05, 0) is 56.9 Å². The van der Waals surface area contributed by atoms with Gasteiger partial charge in [-0.3, -0.25) is 14.2 Å². The number of piperidine rings is 1. The highest BCUT2D eigenvalue weighted by atomic mass is 32.1. The summed E-state index contributed by atoms with van der Waals surface area (Å²) in [6.07, 6.45) is 5.95. The van der Waals surface area contributed by atoms with Crippen LogP contribution in [-0.2, 0) is 20.9 Å². The maximum Gasteiger partial charge on any atom is 0.333 e. The van der Waals surface area contributed by atoms with E-state index in [-0.39, 0.29) is 30.7 Å². The van der Waals surface area contributed by atoms with Crippen molar-refractivity contribution in [2.45, 2.75) is 45.7 Å². The second-order valence-electron chi connectivity index (χ2n) is 7.40. The maximum atomic E-state index is 13.1. The average Bonchev–Trinajstić information content (AvgIpc) is 3.03. The van der Waals surface area contributed by atoms with E-state index >= 15 is 0 Å². The fourth-order valence-corrected chi connectivity index (χ4v) is 4.61. The van der Waals surface area contributed by atoms with Crippen LogP contribution in [0.5, 0.6) is 0 Å². The molecule has 2 aromatic rings. The van der Waals surface area contributed by atoms with Crippen molar-refractivity contribution >= 4 is 35.4 Å². The van der Waals surface area contributed by atoms with E-state index in [0.29, 0.717) is 21.3 Å². The largest absolute Gasteiger partial charge is 0.463 e. The summed E-state index contributed by atoms with van der Waals surface area (Å²) in [7, 11) is 0. The van der Waals surface area contributed by atoms with Crippen LogP contribution in [0.1, 0.15) is 44.2 Å². The Labute approximate surface area is 184 Å². The standard InChI is InChI=1S/C23H25N3O4S/c1-3-30-22(28)13-21-26(15-20(27)25-11-5-4-6-16(25)2)23(29)19(31-21)12-17-7-9-18(14-24)10-8-17/h7-10,12-13,16H,3-6,11,15H2,1-2H3. The van der Waals surface area contributed by atoms with Crippen LogP contribution >= 0.6 is 11.3 Å². The molecule has 1 saturated heterocycles. The molecule has 1 aliphatic rings. The molecule has 1 aliphatic heterocycles. The van der Waals surface area contributed by atoms with E-state index in [1.165, 1.54) is 10.6 Å². The monoisotopic (exact) mass is 439 g/mol. The molecule has 0 saturated carbocycles. The molecule has 0 aliphatic carbocycles. The smallest absolute Gasteiger partial charge is 0.333 e. The third-order valence-electron chi connectivity index (χ3n) is 5.22. The van der Waals surface area contributed by atoms with Crippen LogP contribution in [0, 0.1) is 11.3 Å². The fourth-order valence-electron chi connectivity index (χ4n) is 3.58. The van der Waals surface area contributed by atoms with E-state index in [4.69, 9.17) is 10.00 Å². The summed E-state index contributed by atoms with van der Waals surface area (Å²) in [4.78, 5) is 39.9. The number of hydrogen-bond donors (Lipinski definition) is 0. The number of thiazole rings is 1. The lowest BCUT2D eigenvalue weighted by Gasteiger charge is -2.33. The number of nitrogens with zero attached hydrogens (tertiary/aromatic N) is 3. The minimum Gasteiger partial charge on any atom is -0.463 e. The van der Waals surface area contributed by atoms with E-state index in [0.717, 1.165) is 36.2 Å². The van der Waals surface area contributed by atoms with Gasteiger partial charge in [0.05, 0.1) is 28.8 Å². The zero-order chi connectivity index (χ0) is 22.4. The number of nitriles is 1. The summed E-state index contributed by atoms with van der Waals surface area (Å²) in [6, 6.07) is 9.03. The van der Waals surface area contributed by atoms with Crippen LogP contribution in [-0.4, -0.2) is 40.5 Å². The first-order chi connectivity index (χ1) is 14.9. The summed E-state index contributed by atoms with van der Waals surface area (Å²) in [5.41, 5.74) is 0.949. The fraction of sp³-hybridized carbons (Fsp3) is 0.391. The third kappa shape index (κ3) is 5.50. The van der Waals surface area contributed by atoms with Crippen LogP contribution in [0.3, 0.4) is 0 Å². The highest BCUT2D eigenvalue weighted by molar-refractivity contribution is 7.07. The van der Waals surface area contributed by atoms with Crippen LogP contribution in [0.4, 0.5) is 0 Å². The summed E-state index contributed by atoms with van der Waals surface area (Å²) < 4.78 is 7.12. The molecule has 1 amide bonds. The molecule has 8 heteroatoms. The van der Waals surface area contributed by atoms with Gasteiger partial charge in [0.1, 0.15) is 11.2 Å². The van der Waals surface area contributed by atoms with Gasteiger partial charge in [-0.1, -0.05) is 12.1 Å². The topological polar surface area (TPSA) is 92.4 Å². The van der Waals surface area contributed by atoms with Crippen molar-refractivity contribution in [1.82, 2.24) is 9.47 Å². The Kier molecular flexibility index (Phi) is 7.42. The van der Waals surface area contributed by atoms with E-state index in [2.05, 4.69) is 6.07 Å². The van der Waals surface area contributed by atoms with E-state index in [1.807, 2.05) is 11.8 Å². The molecule has 1 unspecified atom stereocenters. The summed E-state index contributed by atoms with van der Waals surface area (Å²) in [5, 5.41) is 8.94. The molecule has 0 N–H and O–H groups in total.